The predicted molar refractivity (Wildman–Crippen MR) is 82.0 cm³/mol. The summed E-state index contributed by atoms with van der Waals surface area (Å²) in [5.41, 5.74) is 5.08. The highest BCUT2D eigenvalue weighted by atomic mass is 19.1. The summed E-state index contributed by atoms with van der Waals surface area (Å²) < 4.78 is 26.1. The highest BCUT2D eigenvalue weighted by Gasteiger charge is 2.04. The normalized spacial score (nSPS) is 10.6. The fourth-order valence-electron chi connectivity index (χ4n) is 2.40. The van der Waals surface area contributed by atoms with E-state index in [0.717, 1.165) is 27.8 Å². The van der Waals surface area contributed by atoms with Crippen LogP contribution in [0.15, 0.2) is 66.7 Å². The molecule has 3 rings (SSSR count). The van der Waals surface area contributed by atoms with Crippen molar-refractivity contribution >= 4 is 0 Å². The molecular weight excluding hydrogens is 266 g/mol. The number of hydrogen-bond donors (Lipinski definition) is 0. The Kier molecular flexibility index (Phi) is 3.53. The van der Waals surface area contributed by atoms with Crippen LogP contribution in [0.2, 0.25) is 0 Å². The van der Waals surface area contributed by atoms with Crippen LogP contribution in [-0.4, -0.2) is 0 Å². The van der Waals surface area contributed by atoms with Crippen molar-refractivity contribution in [3.8, 4) is 22.3 Å². The molecule has 0 amide bonds. The van der Waals surface area contributed by atoms with Gasteiger partial charge in [-0.05, 0) is 65.1 Å². The van der Waals surface area contributed by atoms with E-state index in [9.17, 15) is 8.78 Å². The minimum Gasteiger partial charge on any atom is -0.207 e. The largest absolute Gasteiger partial charge is 0.207 e. The third-order valence-electron chi connectivity index (χ3n) is 3.43. The zero-order chi connectivity index (χ0) is 14.8. The Morgan fingerprint density at radius 2 is 0.905 bits per heavy atom. The van der Waals surface area contributed by atoms with Crippen LogP contribution in [0.25, 0.3) is 22.3 Å². The molecule has 0 spiro atoms. The van der Waals surface area contributed by atoms with Crippen LogP contribution >= 0.6 is 0 Å². The molecule has 0 aromatic heterocycles. The number of benzene rings is 3. The second kappa shape index (κ2) is 5.49. The van der Waals surface area contributed by atoms with E-state index >= 15 is 0 Å². The summed E-state index contributed by atoms with van der Waals surface area (Å²) in [7, 11) is 0. The first-order chi connectivity index (χ1) is 10.1. The minimum absolute atomic E-state index is 0.245. The molecule has 104 valence electrons. The van der Waals surface area contributed by atoms with Crippen LogP contribution in [0.4, 0.5) is 8.78 Å². The zero-order valence-corrected chi connectivity index (χ0v) is 11.6. The number of rotatable bonds is 2. The van der Waals surface area contributed by atoms with Gasteiger partial charge in [0.2, 0.25) is 0 Å². The second-order valence-corrected chi connectivity index (χ2v) is 5.10. The van der Waals surface area contributed by atoms with Crippen LogP contribution in [0.3, 0.4) is 0 Å². The Bertz CT molecular complexity index is 693. The molecule has 0 atom stereocenters. The fourth-order valence-corrected chi connectivity index (χ4v) is 2.40. The van der Waals surface area contributed by atoms with Crippen LogP contribution in [-0.2, 0) is 0 Å². The molecule has 0 N–H and O–H groups in total. The number of halogens is 2. The second-order valence-electron chi connectivity index (χ2n) is 5.10. The van der Waals surface area contributed by atoms with Gasteiger partial charge in [0.1, 0.15) is 11.6 Å². The van der Waals surface area contributed by atoms with E-state index in [1.807, 2.05) is 13.0 Å². The summed E-state index contributed by atoms with van der Waals surface area (Å²) in [6.45, 7) is 2.01. The number of aryl methyl sites for hydroxylation is 1. The molecule has 3 aromatic carbocycles. The van der Waals surface area contributed by atoms with Crippen molar-refractivity contribution in [2.24, 2.45) is 0 Å². The molecular formula is C19H14F2. The maximum Gasteiger partial charge on any atom is 0.123 e. The molecule has 0 saturated heterocycles. The van der Waals surface area contributed by atoms with E-state index < -0.39 is 0 Å². The highest BCUT2D eigenvalue weighted by molar-refractivity contribution is 5.74. The standard InChI is InChI=1S/C19H14F2/c1-13-10-16(14-2-6-18(20)7-3-14)12-17(11-13)15-4-8-19(21)9-5-15/h2-12H,1H3. The molecule has 0 radical (unpaired) electrons. The lowest BCUT2D eigenvalue weighted by atomic mass is 9.96. The lowest BCUT2D eigenvalue weighted by molar-refractivity contribution is 0.627. The molecule has 0 aliphatic carbocycles. The molecule has 0 nitrogen and oxygen atoms in total. The Balaban J connectivity index is 2.07. The Labute approximate surface area is 122 Å². The first-order valence-corrected chi connectivity index (χ1v) is 6.75. The summed E-state index contributed by atoms with van der Waals surface area (Å²) in [4.78, 5) is 0. The summed E-state index contributed by atoms with van der Waals surface area (Å²) in [6.07, 6.45) is 0. The Morgan fingerprint density at radius 1 is 0.524 bits per heavy atom. The van der Waals surface area contributed by atoms with Crippen LogP contribution in [0.5, 0.6) is 0 Å². The van der Waals surface area contributed by atoms with Gasteiger partial charge < -0.3 is 0 Å². The van der Waals surface area contributed by atoms with Crippen LogP contribution in [0.1, 0.15) is 5.56 Å². The SMILES string of the molecule is Cc1cc(-c2ccc(F)cc2)cc(-c2ccc(F)cc2)c1. The zero-order valence-electron chi connectivity index (χ0n) is 11.6. The molecule has 0 fully saturated rings. The van der Waals surface area contributed by atoms with E-state index in [0.29, 0.717) is 0 Å². The van der Waals surface area contributed by atoms with Crippen LogP contribution < -0.4 is 0 Å². The monoisotopic (exact) mass is 280 g/mol. The van der Waals surface area contributed by atoms with Gasteiger partial charge in [-0.15, -0.1) is 0 Å². The fraction of sp³-hybridized carbons (Fsp3) is 0.0526. The summed E-state index contributed by atoms with van der Waals surface area (Å²) >= 11 is 0. The van der Waals surface area contributed by atoms with Gasteiger partial charge in [-0.25, -0.2) is 8.78 Å². The van der Waals surface area contributed by atoms with Crippen molar-refractivity contribution in [2.45, 2.75) is 6.92 Å². The van der Waals surface area contributed by atoms with Gasteiger partial charge in [-0.1, -0.05) is 36.4 Å². The van der Waals surface area contributed by atoms with Crippen LogP contribution in [0, 0.1) is 18.6 Å². The van der Waals surface area contributed by atoms with Crippen molar-refractivity contribution in [2.75, 3.05) is 0 Å². The molecule has 2 heteroatoms. The lowest BCUT2D eigenvalue weighted by Gasteiger charge is -2.08. The van der Waals surface area contributed by atoms with E-state index in [1.54, 1.807) is 24.3 Å². The van der Waals surface area contributed by atoms with Gasteiger partial charge >= 0.3 is 0 Å². The summed E-state index contributed by atoms with van der Waals surface area (Å²) in [6, 6.07) is 19.0. The van der Waals surface area contributed by atoms with E-state index in [-0.39, 0.29) is 11.6 Å². The Morgan fingerprint density at radius 3 is 1.29 bits per heavy atom. The molecule has 0 saturated carbocycles. The van der Waals surface area contributed by atoms with Crippen molar-refractivity contribution in [1.82, 2.24) is 0 Å². The summed E-state index contributed by atoms with van der Waals surface area (Å²) in [5, 5.41) is 0. The quantitative estimate of drug-likeness (QED) is 0.572. The van der Waals surface area contributed by atoms with Gasteiger partial charge in [0.05, 0.1) is 0 Å². The smallest absolute Gasteiger partial charge is 0.123 e. The predicted octanol–water partition coefficient (Wildman–Crippen LogP) is 5.61. The molecule has 0 aliphatic heterocycles. The first kappa shape index (κ1) is 13.5. The Hall–Kier alpha value is -2.48. The van der Waals surface area contributed by atoms with E-state index in [1.165, 1.54) is 24.3 Å². The molecule has 21 heavy (non-hydrogen) atoms. The van der Waals surface area contributed by atoms with Gasteiger partial charge in [0.15, 0.2) is 0 Å². The average Bonchev–Trinajstić information content (AvgIpc) is 2.48. The van der Waals surface area contributed by atoms with Gasteiger partial charge in [-0.3, -0.25) is 0 Å². The van der Waals surface area contributed by atoms with Crippen molar-refractivity contribution in [3.63, 3.8) is 0 Å². The lowest BCUT2D eigenvalue weighted by Crippen LogP contribution is -1.85. The van der Waals surface area contributed by atoms with Crippen molar-refractivity contribution < 1.29 is 8.78 Å². The van der Waals surface area contributed by atoms with Gasteiger partial charge in [0, 0.05) is 0 Å². The van der Waals surface area contributed by atoms with Crippen molar-refractivity contribution in [3.05, 3.63) is 83.9 Å². The van der Waals surface area contributed by atoms with Crippen molar-refractivity contribution in [1.29, 1.82) is 0 Å². The van der Waals surface area contributed by atoms with E-state index in [2.05, 4.69) is 12.1 Å². The average molecular weight is 280 g/mol. The van der Waals surface area contributed by atoms with Gasteiger partial charge in [-0.2, -0.15) is 0 Å². The molecule has 0 aliphatic rings. The maximum atomic E-state index is 13.0. The first-order valence-electron chi connectivity index (χ1n) is 6.75. The molecule has 0 heterocycles. The molecule has 0 bridgehead atoms. The molecule has 0 unspecified atom stereocenters. The third-order valence-corrected chi connectivity index (χ3v) is 3.43. The third kappa shape index (κ3) is 3.00. The van der Waals surface area contributed by atoms with Gasteiger partial charge in [0.25, 0.3) is 0 Å². The molecule has 3 aromatic rings. The highest BCUT2D eigenvalue weighted by Crippen LogP contribution is 2.28. The minimum atomic E-state index is -0.245. The maximum absolute atomic E-state index is 13.0. The summed E-state index contributed by atoms with van der Waals surface area (Å²) in [5.74, 6) is -0.490. The topological polar surface area (TPSA) is 0 Å². The van der Waals surface area contributed by atoms with E-state index in [4.69, 9.17) is 0 Å². The number of hydrogen-bond acceptors (Lipinski definition) is 0.